The molecule has 0 heterocycles. The van der Waals surface area contributed by atoms with Crippen molar-refractivity contribution < 1.29 is 13.2 Å². The number of amides is 1. The molecular formula is C11H16N2O3S. The van der Waals surface area contributed by atoms with Crippen molar-refractivity contribution in [2.75, 3.05) is 13.6 Å². The van der Waals surface area contributed by atoms with Crippen LogP contribution in [0.15, 0.2) is 23.1 Å². The molecule has 0 atom stereocenters. The third-order valence-electron chi connectivity index (χ3n) is 2.49. The molecular weight excluding hydrogens is 240 g/mol. The third kappa shape index (κ3) is 3.54. The van der Waals surface area contributed by atoms with Gasteiger partial charge in [-0.2, -0.15) is 0 Å². The van der Waals surface area contributed by atoms with E-state index in [1.807, 2.05) is 13.8 Å². The lowest BCUT2D eigenvalue weighted by Crippen LogP contribution is -2.35. The lowest BCUT2D eigenvalue weighted by Gasteiger charge is -2.08. The van der Waals surface area contributed by atoms with Crippen molar-refractivity contribution in [2.24, 2.45) is 0 Å². The van der Waals surface area contributed by atoms with Gasteiger partial charge in [-0.1, -0.05) is 6.07 Å². The topological polar surface area (TPSA) is 75.3 Å². The number of likely N-dealkylation sites (N-methyl/N-ethyl adjacent to an activating group) is 1. The number of nitrogens with one attached hydrogen (secondary N) is 2. The van der Waals surface area contributed by atoms with Crippen LogP contribution < -0.4 is 10.0 Å². The van der Waals surface area contributed by atoms with E-state index in [1.54, 1.807) is 12.1 Å². The Kier molecular flexibility index (Phi) is 4.25. The Bertz CT molecular complexity index is 524. The van der Waals surface area contributed by atoms with Gasteiger partial charge in [0.05, 0.1) is 11.4 Å². The third-order valence-corrected chi connectivity index (χ3v) is 3.89. The number of sulfonamides is 1. The van der Waals surface area contributed by atoms with E-state index in [9.17, 15) is 13.2 Å². The van der Waals surface area contributed by atoms with Crippen molar-refractivity contribution in [3.05, 3.63) is 29.3 Å². The number of benzene rings is 1. The van der Waals surface area contributed by atoms with Crippen molar-refractivity contribution in [1.29, 1.82) is 0 Å². The lowest BCUT2D eigenvalue weighted by atomic mass is 10.1. The van der Waals surface area contributed by atoms with Gasteiger partial charge in [0.15, 0.2) is 0 Å². The molecule has 5 nitrogen and oxygen atoms in total. The summed E-state index contributed by atoms with van der Waals surface area (Å²) < 4.78 is 25.9. The van der Waals surface area contributed by atoms with Gasteiger partial charge in [-0.15, -0.1) is 0 Å². The zero-order chi connectivity index (χ0) is 13.1. The molecule has 0 fully saturated rings. The van der Waals surface area contributed by atoms with Gasteiger partial charge in [-0.25, -0.2) is 13.1 Å². The first-order valence-corrected chi connectivity index (χ1v) is 6.62. The molecule has 1 amide bonds. The summed E-state index contributed by atoms with van der Waals surface area (Å²) in [6, 6.07) is 4.85. The average Bonchev–Trinajstić information content (AvgIpc) is 2.29. The van der Waals surface area contributed by atoms with E-state index in [4.69, 9.17) is 0 Å². The van der Waals surface area contributed by atoms with Crippen molar-refractivity contribution in [2.45, 2.75) is 18.7 Å². The first-order chi connectivity index (χ1) is 7.86. The minimum Gasteiger partial charge on any atom is -0.358 e. The Hall–Kier alpha value is -1.40. The van der Waals surface area contributed by atoms with Gasteiger partial charge in [0, 0.05) is 7.05 Å². The fourth-order valence-corrected chi connectivity index (χ4v) is 2.28. The zero-order valence-corrected chi connectivity index (χ0v) is 10.9. The Morgan fingerprint density at radius 3 is 2.41 bits per heavy atom. The quantitative estimate of drug-likeness (QED) is 0.815. The summed E-state index contributed by atoms with van der Waals surface area (Å²) in [5.41, 5.74) is 1.92. The monoisotopic (exact) mass is 256 g/mol. The smallest absolute Gasteiger partial charge is 0.241 e. The average molecular weight is 256 g/mol. The molecule has 0 radical (unpaired) electrons. The Morgan fingerprint density at radius 1 is 1.24 bits per heavy atom. The number of hydrogen-bond donors (Lipinski definition) is 2. The maximum absolute atomic E-state index is 11.8. The molecule has 94 valence electrons. The molecule has 0 unspecified atom stereocenters. The van der Waals surface area contributed by atoms with E-state index < -0.39 is 10.0 Å². The van der Waals surface area contributed by atoms with Crippen LogP contribution in [0.4, 0.5) is 0 Å². The predicted octanol–water partition coefficient (Wildman–Crippen LogP) is 0.328. The van der Waals surface area contributed by atoms with Crippen LogP contribution in [-0.4, -0.2) is 27.9 Å². The van der Waals surface area contributed by atoms with Crippen LogP contribution in [0.25, 0.3) is 0 Å². The first kappa shape index (κ1) is 13.7. The number of hydrogen-bond acceptors (Lipinski definition) is 3. The summed E-state index contributed by atoms with van der Waals surface area (Å²) in [4.78, 5) is 11.1. The fraction of sp³-hybridized carbons (Fsp3) is 0.364. The number of rotatable bonds is 4. The molecule has 0 aliphatic heterocycles. The summed E-state index contributed by atoms with van der Waals surface area (Å²) in [6.45, 7) is 3.49. The minimum absolute atomic E-state index is 0.171. The standard InChI is InChI=1S/C11H16N2O3S/c1-8-4-5-10(6-9(8)2)17(15,16)13-7-11(14)12-3/h4-6,13H,7H2,1-3H3,(H,12,14). The van der Waals surface area contributed by atoms with E-state index in [0.29, 0.717) is 0 Å². The summed E-state index contributed by atoms with van der Waals surface area (Å²) in [5.74, 6) is -0.377. The van der Waals surface area contributed by atoms with Crippen LogP contribution in [0, 0.1) is 13.8 Å². The largest absolute Gasteiger partial charge is 0.358 e. The van der Waals surface area contributed by atoms with E-state index >= 15 is 0 Å². The SMILES string of the molecule is CNC(=O)CNS(=O)(=O)c1ccc(C)c(C)c1. The Labute approximate surface area is 101 Å². The van der Waals surface area contributed by atoms with E-state index in [0.717, 1.165) is 11.1 Å². The van der Waals surface area contributed by atoms with Crippen molar-refractivity contribution >= 4 is 15.9 Å². The minimum atomic E-state index is -3.62. The highest BCUT2D eigenvalue weighted by atomic mass is 32.2. The lowest BCUT2D eigenvalue weighted by molar-refractivity contribution is -0.119. The Morgan fingerprint density at radius 2 is 1.88 bits per heavy atom. The summed E-state index contributed by atoms with van der Waals surface area (Å²) >= 11 is 0. The summed E-state index contributed by atoms with van der Waals surface area (Å²) in [5, 5.41) is 2.34. The van der Waals surface area contributed by atoms with Gasteiger partial charge in [-0.3, -0.25) is 4.79 Å². The predicted molar refractivity (Wildman–Crippen MR) is 65.2 cm³/mol. The molecule has 0 saturated carbocycles. The fourth-order valence-electron chi connectivity index (χ4n) is 1.21. The zero-order valence-electron chi connectivity index (χ0n) is 10.1. The summed E-state index contributed by atoms with van der Waals surface area (Å²) in [7, 11) is -2.16. The van der Waals surface area contributed by atoms with Gasteiger partial charge in [-0.05, 0) is 37.1 Å². The van der Waals surface area contributed by atoms with Crippen LogP contribution in [0.1, 0.15) is 11.1 Å². The molecule has 1 aromatic carbocycles. The Balaban J connectivity index is 2.90. The summed E-state index contributed by atoms with van der Waals surface area (Å²) in [6.07, 6.45) is 0. The number of carbonyl (C=O) groups excluding carboxylic acids is 1. The van der Waals surface area contributed by atoms with Gasteiger partial charge < -0.3 is 5.32 Å². The maximum Gasteiger partial charge on any atom is 0.241 e. The van der Waals surface area contributed by atoms with Crippen LogP contribution >= 0.6 is 0 Å². The van der Waals surface area contributed by atoms with Crippen molar-refractivity contribution in [3.63, 3.8) is 0 Å². The molecule has 0 aromatic heterocycles. The van der Waals surface area contributed by atoms with Crippen molar-refractivity contribution in [3.8, 4) is 0 Å². The highest BCUT2D eigenvalue weighted by Gasteiger charge is 2.15. The molecule has 0 aliphatic rings. The maximum atomic E-state index is 11.8. The molecule has 1 rings (SSSR count). The highest BCUT2D eigenvalue weighted by molar-refractivity contribution is 7.89. The van der Waals surface area contributed by atoms with E-state index in [2.05, 4.69) is 10.0 Å². The highest BCUT2D eigenvalue weighted by Crippen LogP contribution is 2.14. The number of aryl methyl sites for hydroxylation is 2. The van der Waals surface area contributed by atoms with E-state index in [1.165, 1.54) is 13.1 Å². The van der Waals surface area contributed by atoms with Gasteiger partial charge in [0.1, 0.15) is 0 Å². The molecule has 6 heteroatoms. The second kappa shape index (κ2) is 5.29. The van der Waals surface area contributed by atoms with Gasteiger partial charge in [0.25, 0.3) is 0 Å². The normalized spacial score (nSPS) is 11.2. The van der Waals surface area contributed by atoms with Gasteiger partial charge in [0.2, 0.25) is 15.9 Å². The molecule has 17 heavy (non-hydrogen) atoms. The van der Waals surface area contributed by atoms with Crippen LogP contribution in [0.2, 0.25) is 0 Å². The molecule has 2 N–H and O–H groups in total. The molecule has 0 bridgehead atoms. The second-order valence-corrected chi connectivity index (χ2v) is 5.51. The molecule has 0 spiro atoms. The number of carbonyl (C=O) groups is 1. The van der Waals surface area contributed by atoms with Crippen LogP contribution in [-0.2, 0) is 14.8 Å². The second-order valence-electron chi connectivity index (χ2n) is 3.74. The molecule has 0 aliphatic carbocycles. The van der Waals surface area contributed by atoms with Gasteiger partial charge >= 0.3 is 0 Å². The molecule has 0 saturated heterocycles. The molecule has 1 aromatic rings. The van der Waals surface area contributed by atoms with Crippen molar-refractivity contribution in [1.82, 2.24) is 10.0 Å². The first-order valence-electron chi connectivity index (χ1n) is 5.14. The van der Waals surface area contributed by atoms with E-state index in [-0.39, 0.29) is 17.3 Å². The van der Waals surface area contributed by atoms with Crippen LogP contribution in [0.3, 0.4) is 0 Å². The van der Waals surface area contributed by atoms with Crippen LogP contribution in [0.5, 0.6) is 0 Å².